The molecule has 1 aliphatic heterocycles. The van der Waals surface area contributed by atoms with Crippen LogP contribution < -0.4 is 0 Å². The standard InChI is InChI=1S/C45H28N2O2/c1-2-12-29(13-3-1)36-24-25-37(31-22-21-28-11-4-5-14-30(28)27-31)47-45(46-36)44-33(23-26-41-43(44)35-16-7-9-19-39(35)49-41)32-17-10-20-40-42(32)34-15-6-8-18-38(34)48-40/h1-24,26-27H,25H2. The monoisotopic (exact) mass is 628 g/mol. The molecule has 0 fully saturated rings. The molecule has 0 unspecified atom stereocenters. The van der Waals surface area contributed by atoms with Crippen LogP contribution in [0.4, 0.5) is 0 Å². The molecule has 0 spiro atoms. The van der Waals surface area contributed by atoms with E-state index in [1.54, 1.807) is 0 Å². The molecule has 0 atom stereocenters. The van der Waals surface area contributed by atoms with Crippen molar-refractivity contribution in [3.8, 4) is 11.1 Å². The van der Waals surface area contributed by atoms with Crippen molar-refractivity contribution in [3.05, 3.63) is 174 Å². The molecule has 3 heterocycles. The predicted molar refractivity (Wildman–Crippen MR) is 202 cm³/mol. The lowest BCUT2D eigenvalue weighted by Gasteiger charge is -2.14. The van der Waals surface area contributed by atoms with Crippen LogP contribution in [0.15, 0.2) is 177 Å². The summed E-state index contributed by atoms with van der Waals surface area (Å²) in [7, 11) is 0. The minimum absolute atomic E-state index is 0.634. The normalized spacial score (nSPS) is 13.6. The Labute approximate surface area is 282 Å². The zero-order valence-electron chi connectivity index (χ0n) is 26.4. The number of hydrogen-bond acceptors (Lipinski definition) is 4. The molecule has 0 saturated heterocycles. The molecular weight excluding hydrogens is 601 g/mol. The van der Waals surface area contributed by atoms with E-state index in [1.165, 1.54) is 10.8 Å². The fourth-order valence-corrected chi connectivity index (χ4v) is 7.28. The number of amidine groups is 1. The van der Waals surface area contributed by atoms with Crippen molar-refractivity contribution in [2.24, 2.45) is 9.98 Å². The Morgan fingerprint density at radius 2 is 1.12 bits per heavy atom. The third-order valence-electron chi connectivity index (χ3n) is 9.57. The summed E-state index contributed by atoms with van der Waals surface area (Å²) in [4.78, 5) is 10.9. The van der Waals surface area contributed by atoms with Crippen molar-refractivity contribution >= 4 is 71.9 Å². The fourth-order valence-electron chi connectivity index (χ4n) is 7.28. The third kappa shape index (κ3) is 4.53. The first-order valence-corrected chi connectivity index (χ1v) is 16.5. The molecule has 9 aromatic rings. The van der Waals surface area contributed by atoms with Crippen LogP contribution in [0.5, 0.6) is 0 Å². The minimum atomic E-state index is 0.634. The first-order chi connectivity index (χ1) is 24.3. The van der Waals surface area contributed by atoms with Crippen LogP contribution in [0.25, 0.3) is 71.5 Å². The van der Waals surface area contributed by atoms with Crippen molar-refractivity contribution in [2.75, 3.05) is 0 Å². The summed E-state index contributed by atoms with van der Waals surface area (Å²) < 4.78 is 12.8. The Kier molecular flexibility index (Phi) is 6.21. The third-order valence-corrected chi connectivity index (χ3v) is 9.57. The van der Waals surface area contributed by atoms with E-state index in [1.807, 2.05) is 36.4 Å². The molecule has 0 bridgehead atoms. The van der Waals surface area contributed by atoms with Crippen LogP contribution in [-0.2, 0) is 0 Å². The summed E-state index contributed by atoms with van der Waals surface area (Å²) in [6, 6.07) is 52.4. The lowest BCUT2D eigenvalue weighted by molar-refractivity contribution is 0.669. The zero-order chi connectivity index (χ0) is 32.3. The quantitative estimate of drug-likeness (QED) is 0.195. The second-order valence-corrected chi connectivity index (χ2v) is 12.5. The Bertz CT molecular complexity index is 2850. The van der Waals surface area contributed by atoms with E-state index in [9.17, 15) is 0 Å². The number of rotatable bonds is 4. The molecule has 0 N–H and O–H groups in total. The van der Waals surface area contributed by atoms with Gasteiger partial charge in [-0.25, -0.2) is 9.98 Å². The Morgan fingerprint density at radius 3 is 1.94 bits per heavy atom. The Balaban J connectivity index is 1.31. The van der Waals surface area contributed by atoms with Gasteiger partial charge >= 0.3 is 0 Å². The number of allylic oxidation sites excluding steroid dienone is 1. The highest BCUT2D eigenvalue weighted by molar-refractivity contribution is 6.27. The minimum Gasteiger partial charge on any atom is -0.456 e. The second kappa shape index (κ2) is 11.0. The molecule has 0 amide bonds. The van der Waals surface area contributed by atoms with Crippen molar-refractivity contribution in [2.45, 2.75) is 6.42 Å². The second-order valence-electron chi connectivity index (χ2n) is 12.5. The molecule has 7 aromatic carbocycles. The maximum Gasteiger partial charge on any atom is 0.161 e. The topological polar surface area (TPSA) is 51.0 Å². The van der Waals surface area contributed by atoms with E-state index in [2.05, 4.69) is 121 Å². The average Bonchev–Trinajstić information content (AvgIpc) is 3.65. The van der Waals surface area contributed by atoms with Crippen LogP contribution in [-0.4, -0.2) is 11.5 Å². The molecule has 0 radical (unpaired) electrons. The average molecular weight is 629 g/mol. The van der Waals surface area contributed by atoms with Gasteiger partial charge < -0.3 is 8.83 Å². The summed E-state index contributed by atoms with van der Waals surface area (Å²) in [5.41, 5.74) is 10.3. The van der Waals surface area contributed by atoms with Crippen LogP contribution in [0.2, 0.25) is 0 Å². The van der Waals surface area contributed by atoms with Gasteiger partial charge in [-0.3, -0.25) is 0 Å². The SMILES string of the molecule is C1=C(c2ccccc2)N=C(c2c(-c3cccc4oc5ccccc5c34)ccc3oc4ccccc4c23)N=C(c2ccc3ccccc3c2)C1. The Hall–Kier alpha value is -6.52. The van der Waals surface area contributed by atoms with E-state index >= 15 is 0 Å². The van der Waals surface area contributed by atoms with Gasteiger partial charge in [-0.05, 0) is 69.4 Å². The molecule has 0 aliphatic carbocycles. The molecule has 49 heavy (non-hydrogen) atoms. The number of para-hydroxylation sites is 2. The summed E-state index contributed by atoms with van der Waals surface area (Å²) in [5, 5.41) is 6.54. The summed E-state index contributed by atoms with van der Waals surface area (Å²) in [6.45, 7) is 0. The number of benzene rings is 7. The van der Waals surface area contributed by atoms with Gasteiger partial charge in [-0.2, -0.15) is 0 Å². The van der Waals surface area contributed by atoms with Crippen molar-refractivity contribution in [3.63, 3.8) is 0 Å². The maximum atomic E-state index is 6.48. The fraction of sp³-hybridized carbons (Fsp3) is 0.0222. The maximum absolute atomic E-state index is 6.48. The van der Waals surface area contributed by atoms with Gasteiger partial charge in [0, 0.05) is 33.5 Å². The molecule has 4 nitrogen and oxygen atoms in total. The molecule has 4 heteroatoms. The van der Waals surface area contributed by atoms with Crippen molar-refractivity contribution < 1.29 is 8.83 Å². The van der Waals surface area contributed by atoms with E-state index in [0.29, 0.717) is 12.3 Å². The smallest absolute Gasteiger partial charge is 0.161 e. The lowest BCUT2D eigenvalue weighted by atomic mass is 9.91. The van der Waals surface area contributed by atoms with Gasteiger partial charge in [0.25, 0.3) is 0 Å². The van der Waals surface area contributed by atoms with Crippen LogP contribution in [0.3, 0.4) is 0 Å². The van der Waals surface area contributed by atoms with Crippen molar-refractivity contribution in [1.82, 2.24) is 0 Å². The Morgan fingerprint density at radius 1 is 0.449 bits per heavy atom. The number of hydrogen-bond donors (Lipinski definition) is 0. The van der Waals surface area contributed by atoms with Gasteiger partial charge in [-0.15, -0.1) is 0 Å². The van der Waals surface area contributed by atoms with Crippen molar-refractivity contribution in [1.29, 1.82) is 0 Å². The van der Waals surface area contributed by atoms with Crippen LogP contribution in [0.1, 0.15) is 23.1 Å². The van der Waals surface area contributed by atoms with E-state index < -0.39 is 0 Å². The van der Waals surface area contributed by atoms with E-state index in [-0.39, 0.29) is 0 Å². The number of nitrogens with zero attached hydrogens (tertiary/aromatic N) is 2. The zero-order valence-corrected chi connectivity index (χ0v) is 26.4. The molecule has 10 rings (SSSR count). The lowest BCUT2D eigenvalue weighted by Crippen LogP contribution is -2.07. The molecular formula is C45H28N2O2. The largest absolute Gasteiger partial charge is 0.456 e. The number of furan rings is 2. The highest BCUT2D eigenvalue weighted by atomic mass is 16.3. The van der Waals surface area contributed by atoms with Gasteiger partial charge in [0.2, 0.25) is 0 Å². The van der Waals surface area contributed by atoms with Gasteiger partial charge in [0.15, 0.2) is 5.84 Å². The highest BCUT2D eigenvalue weighted by Gasteiger charge is 2.24. The summed E-state index contributed by atoms with van der Waals surface area (Å²) >= 11 is 0. The summed E-state index contributed by atoms with van der Waals surface area (Å²) in [5.74, 6) is 0.646. The first-order valence-electron chi connectivity index (χ1n) is 16.5. The van der Waals surface area contributed by atoms with Gasteiger partial charge in [0.1, 0.15) is 22.3 Å². The first kappa shape index (κ1) is 27.6. The van der Waals surface area contributed by atoms with Gasteiger partial charge in [-0.1, -0.05) is 121 Å². The van der Waals surface area contributed by atoms with E-state index in [0.717, 1.165) is 83.1 Å². The predicted octanol–water partition coefficient (Wildman–Crippen LogP) is 12.0. The molecule has 230 valence electrons. The van der Waals surface area contributed by atoms with Gasteiger partial charge in [0.05, 0.1) is 11.4 Å². The molecule has 1 aliphatic rings. The summed E-state index contributed by atoms with van der Waals surface area (Å²) in [6.07, 6.45) is 2.84. The highest BCUT2D eigenvalue weighted by Crippen LogP contribution is 2.43. The molecule has 2 aromatic heterocycles. The molecule has 0 saturated carbocycles. The van der Waals surface area contributed by atoms with Crippen LogP contribution in [0, 0.1) is 0 Å². The number of aliphatic imine (C=N–C) groups is 2. The van der Waals surface area contributed by atoms with Crippen LogP contribution >= 0.6 is 0 Å². The number of fused-ring (bicyclic) bond motifs is 7. The van der Waals surface area contributed by atoms with E-state index in [4.69, 9.17) is 18.8 Å².